The zero-order valence-corrected chi connectivity index (χ0v) is 21.5. The summed E-state index contributed by atoms with van der Waals surface area (Å²) in [6, 6.07) is 34.4. The van der Waals surface area contributed by atoms with Gasteiger partial charge in [-0.05, 0) is 17.5 Å². The number of hydrogen-bond donors (Lipinski definition) is 1. The Labute approximate surface area is 223 Å². The molecule has 0 saturated carbocycles. The quantitative estimate of drug-likeness (QED) is 0.0940. The van der Waals surface area contributed by atoms with Crippen LogP contribution in [0.2, 0.25) is 0 Å². The standard InChI is InChI=1S/C16H10N2.C15H12O2.Pt/c1-3-12-7-5-11-6-8-13-4-2-10-18-16(13)14(11)15(12)17-9-1;16-14(12-7-3-1-4-8-12)11-15(17)13-9-5-2-6-10-13;/h1-10H;1-11,16H;/b;14-11-;. The van der Waals surface area contributed by atoms with Gasteiger partial charge in [0.2, 0.25) is 0 Å². The third-order valence-electron chi connectivity index (χ3n) is 5.72. The van der Waals surface area contributed by atoms with Crippen LogP contribution in [0.3, 0.4) is 0 Å². The van der Waals surface area contributed by atoms with Gasteiger partial charge in [-0.1, -0.05) is 97.1 Å². The van der Waals surface area contributed by atoms with Crippen LogP contribution in [0.5, 0.6) is 0 Å². The Bertz CT molecular complexity index is 1600. The van der Waals surface area contributed by atoms with E-state index >= 15 is 0 Å². The minimum atomic E-state index is -0.202. The van der Waals surface area contributed by atoms with Gasteiger partial charge in [-0.3, -0.25) is 14.8 Å². The summed E-state index contributed by atoms with van der Waals surface area (Å²) in [6.07, 6.45) is 4.91. The molecule has 0 bridgehead atoms. The van der Waals surface area contributed by atoms with Crippen LogP contribution in [0.25, 0.3) is 38.3 Å². The first-order valence-electron chi connectivity index (χ1n) is 11.3. The number of aliphatic hydroxyl groups excluding tert-OH is 1. The van der Waals surface area contributed by atoms with Crippen molar-refractivity contribution in [3.8, 4) is 0 Å². The summed E-state index contributed by atoms with van der Waals surface area (Å²) in [5, 5.41) is 14.4. The number of fused-ring (bicyclic) bond motifs is 5. The average Bonchev–Trinajstić information content (AvgIpc) is 2.94. The van der Waals surface area contributed by atoms with Crippen LogP contribution in [0, 0.1) is 0 Å². The van der Waals surface area contributed by atoms with Gasteiger partial charge in [0.15, 0.2) is 5.78 Å². The number of aliphatic hydroxyl groups is 1. The minimum absolute atomic E-state index is 0. The molecule has 6 rings (SSSR count). The molecule has 0 aliphatic carbocycles. The first-order valence-corrected chi connectivity index (χ1v) is 11.3. The van der Waals surface area contributed by atoms with Crippen LogP contribution in [0.1, 0.15) is 15.9 Å². The van der Waals surface area contributed by atoms with Crippen LogP contribution in [-0.2, 0) is 21.1 Å². The third-order valence-corrected chi connectivity index (χ3v) is 5.72. The molecule has 178 valence electrons. The van der Waals surface area contributed by atoms with E-state index in [4.69, 9.17) is 0 Å². The van der Waals surface area contributed by atoms with Gasteiger partial charge in [0.1, 0.15) is 5.76 Å². The number of aromatic nitrogens is 2. The van der Waals surface area contributed by atoms with E-state index in [1.54, 1.807) is 36.4 Å². The van der Waals surface area contributed by atoms with Crippen molar-refractivity contribution in [1.29, 1.82) is 0 Å². The Kier molecular flexibility index (Phi) is 7.99. The molecule has 2 heterocycles. The monoisotopic (exact) mass is 649 g/mol. The summed E-state index contributed by atoms with van der Waals surface area (Å²) in [5.74, 6) is -0.216. The number of pyridine rings is 2. The van der Waals surface area contributed by atoms with E-state index < -0.39 is 0 Å². The molecule has 6 aromatic rings. The predicted octanol–water partition coefficient (Wildman–Crippen LogP) is 7.40. The van der Waals surface area contributed by atoms with Crippen molar-refractivity contribution in [3.63, 3.8) is 0 Å². The Morgan fingerprint density at radius 1 is 0.583 bits per heavy atom. The van der Waals surface area contributed by atoms with Gasteiger partial charge >= 0.3 is 0 Å². The Morgan fingerprint density at radius 2 is 1.06 bits per heavy atom. The van der Waals surface area contributed by atoms with Crippen molar-refractivity contribution in [2.24, 2.45) is 0 Å². The predicted molar refractivity (Wildman–Crippen MR) is 142 cm³/mol. The molecule has 0 fully saturated rings. The van der Waals surface area contributed by atoms with E-state index in [9.17, 15) is 9.90 Å². The van der Waals surface area contributed by atoms with Crippen molar-refractivity contribution in [2.75, 3.05) is 0 Å². The zero-order chi connectivity index (χ0) is 24.0. The van der Waals surface area contributed by atoms with E-state index in [2.05, 4.69) is 46.4 Å². The van der Waals surface area contributed by atoms with Gasteiger partial charge in [-0.2, -0.15) is 0 Å². The average molecular weight is 650 g/mol. The van der Waals surface area contributed by atoms with E-state index in [1.807, 2.05) is 48.8 Å². The van der Waals surface area contributed by atoms with Crippen molar-refractivity contribution < 1.29 is 31.0 Å². The molecular weight excluding hydrogens is 627 g/mol. The molecule has 36 heavy (non-hydrogen) atoms. The summed E-state index contributed by atoms with van der Waals surface area (Å²) >= 11 is 0. The van der Waals surface area contributed by atoms with Gasteiger partial charge in [0.25, 0.3) is 0 Å². The molecule has 0 radical (unpaired) electrons. The first kappa shape index (κ1) is 25.0. The molecule has 0 atom stereocenters. The molecule has 0 unspecified atom stereocenters. The SMILES string of the molecule is O=C(/C=C(\O)c1ccccc1)c1ccccc1.[Pt].c1cnc2c(c1)ccc1ccc3cccnc3c12. The van der Waals surface area contributed by atoms with Gasteiger partial charge in [-0.15, -0.1) is 0 Å². The molecule has 0 amide bonds. The van der Waals surface area contributed by atoms with E-state index in [0.29, 0.717) is 11.1 Å². The van der Waals surface area contributed by atoms with E-state index in [1.165, 1.54) is 11.5 Å². The summed E-state index contributed by atoms with van der Waals surface area (Å²) < 4.78 is 0. The Hall–Kier alpha value is -4.14. The molecule has 4 nitrogen and oxygen atoms in total. The smallest absolute Gasteiger partial charge is 0.189 e. The second kappa shape index (κ2) is 11.5. The number of nitrogens with zero attached hydrogens (tertiary/aromatic N) is 2. The first-order chi connectivity index (χ1) is 17.2. The number of rotatable bonds is 3. The molecule has 4 aromatic carbocycles. The number of allylic oxidation sites excluding steroid dienone is 1. The normalized spacial score (nSPS) is 10.9. The summed E-state index contributed by atoms with van der Waals surface area (Å²) in [6.45, 7) is 0. The number of ketones is 1. The van der Waals surface area contributed by atoms with Gasteiger partial charge < -0.3 is 5.11 Å². The van der Waals surface area contributed by atoms with Crippen molar-refractivity contribution in [2.45, 2.75) is 0 Å². The van der Waals surface area contributed by atoms with Crippen molar-refractivity contribution in [3.05, 3.63) is 139 Å². The van der Waals surface area contributed by atoms with Crippen LogP contribution in [0.4, 0.5) is 0 Å². The van der Waals surface area contributed by atoms with Crippen LogP contribution in [-0.4, -0.2) is 20.9 Å². The van der Waals surface area contributed by atoms with E-state index in [0.717, 1.165) is 27.2 Å². The molecule has 0 aliphatic rings. The molecule has 1 N–H and O–H groups in total. The van der Waals surface area contributed by atoms with Crippen LogP contribution in [0.15, 0.2) is 128 Å². The fourth-order valence-electron chi connectivity index (χ4n) is 3.99. The number of benzene rings is 4. The van der Waals surface area contributed by atoms with Gasteiger partial charge in [0, 0.05) is 66.8 Å². The molecular formula is C31H22N2O2Pt. The fourth-order valence-corrected chi connectivity index (χ4v) is 3.99. The van der Waals surface area contributed by atoms with Crippen molar-refractivity contribution in [1.82, 2.24) is 9.97 Å². The summed E-state index contributed by atoms with van der Waals surface area (Å²) in [4.78, 5) is 20.8. The third kappa shape index (κ3) is 5.40. The summed E-state index contributed by atoms with van der Waals surface area (Å²) in [7, 11) is 0. The molecule has 0 saturated heterocycles. The molecule has 0 aliphatic heterocycles. The number of carbonyl (C=O) groups is 1. The molecule has 0 spiro atoms. The second-order valence-electron chi connectivity index (χ2n) is 8.01. The maximum absolute atomic E-state index is 11.8. The largest absolute Gasteiger partial charge is 0.507 e. The second-order valence-corrected chi connectivity index (χ2v) is 8.01. The van der Waals surface area contributed by atoms with Gasteiger partial charge in [0.05, 0.1) is 11.0 Å². The number of carbonyl (C=O) groups excluding carboxylic acids is 1. The van der Waals surface area contributed by atoms with Crippen molar-refractivity contribution >= 4 is 44.1 Å². The fraction of sp³-hybridized carbons (Fsp3) is 0. The number of hydrogen-bond acceptors (Lipinski definition) is 4. The maximum atomic E-state index is 11.8. The molecule has 5 heteroatoms. The van der Waals surface area contributed by atoms with Crippen LogP contribution >= 0.6 is 0 Å². The zero-order valence-electron chi connectivity index (χ0n) is 19.2. The maximum Gasteiger partial charge on any atom is 0.189 e. The topological polar surface area (TPSA) is 63.1 Å². The van der Waals surface area contributed by atoms with Gasteiger partial charge in [-0.25, -0.2) is 0 Å². The Balaban J connectivity index is 0.000000165. The van der Waals surface area contributed by atoms with Crippen LogP contribution < -0.4 is 0 Å². The molecule has 2 aromatic heterocycles. The Morgan fingerprint density at radius 3 is 1.58 bits per heavy atom. The minimum Gasteiger partial charge on any atom is -0.507 e. The summed E-state index contributed by atoms with van der Waals surface area (Å²) in [5.41, 5.74) is 3.25. The van der Waals surface area contributed by atoms with E-state index in [-0.39, 0.29) is 32.6 Å².